The van der Waals surface area contributed by atoms with Crippen molar-refractivity contribution in [2.45, 2.75) is 70.5 Å². The molecule has 0 bridgehead atoms. The molecule has 0 saturated carbocycles. The third kappa shape index (κ3) is 10.7. The molecule has 5 aromatic rings. The van der Waals surface area contributed by atoms with E-state index >= 15 is 0 Å². The van der Waals surface area contributed by atoms with Crippen LogP contribution in [0.2, 0.25) is 0 Å². The summed E-state index contributed by atoms with van der Waals surface area (Å²) in [7, 11) is 0. The van der Waals surface area contributed by atoms with Crippen LogP contribution in [0.4, 0.5) is 13.2 Å². The van der Waals surface area contributed by atoms with Gasteiger partial charge in [0.25, 0.3) is 5.91 Å². The monoisotopic (exact) mass is 792 g/mol. The SMILES string of the molecule is O=C(Cc1c[nH]c2ccccc12)N(CCc1ccc(OC(=O)C(F)(F)F)cc1)Cc1cccc(-c2cccc(C(=O)N3CCC(CCCC4CCNCC4)CC3)c2)c1. The van der Waals surface area contributed by atoms with Gasteiger partial charge in [-0.25, -0.2) is 4.79 Å². The number of alkyl halides is 3. The number of amides is 2. The van der Waals surface area contributed by atoms with Crippen molar-refractivity contribution in [3.63, 3.8) is 0 Å². The lowest BCUT2D eigenvalue weighted by Gasteiger charge is -2.32. The molecule has 2 N–H and O–H groups in total. The first-order valence-electron chi connectivity index (χ1n) is 20.5. The number of H-pyrrole nitrogens is 1. The average molecular weight is 793 g/mol. The number of aromatic nitrogens is 1. The molecule has 11 heteroatoms. The number of nitrogens with zero attached hydrogens (tertiary/aromatic N) is 2. The summed E-state index contributed by atoms with van der Waals surface area (Å²) in [5, 5.41) is 4.43. The highest BCUT2D eigenvalue weighted by molar-refractivity contribution is 5.95. The largest absolute Gasteiger partial charge is 0.491 e. The highest BCUT2D eigenvalue weighted by atomic mass is 19.4. The Hall–Kier alpha value is -5.42. The molecule has 8 nitrogen and oxygen atoms in total. The van der Waals surface area contributed by atoms with Crippen LogP contribution in [0.1, 0.15) is 72.0 Å². The fourth-order valence-electron chi connectivity index (χ4n) is 8.37. The number of fused-ring (bicyclic) bond motifs is 1. The first kappa shape index (κ1) is 40.8. The number of piperidine rings is 2. The minimum atomic E-state index is -5.09. The van der Waals surface area contributed by atoms with Crippen LogP contribution in [0.15, 0.2) is 103 Å². The minimum absolute atomic E-state index is 0.0618. The number of likely N-dealkylation sites (tertiary alicyclic amines) is 1. The number of hydrogen-bond acceptors (Lipinski definition) is 5. The fourth-order valence-corrected chi connectivity index (χ4v) is 8.37. The number of nitrogens with one attached hydrogen (secondary N) is 2. The first-order chi connectivity index (χ1) is 28.1. The highest BCUT2D eigenvalue weighted by Gasteiger charge is 2.41. The average Bonchev–Trinajstić information content (AvgIpc) is 3.65. The maximum Gasteiger partial charge on any atom is 0.491 e. The van der Waals surface area contributed by atoms with Gasteiger partial charge in [-0.2, -0.15) is 13.2 Å². The Labute approximate surface area is 337 Å². The van der Waals surface area contributed by atoms with E-state index in [1.807, 2.05) is 77.8 Å². The van der Waals surface area contributed by atoms with Crippen molar-refractivity contribution in [3.05, 3.63) is 126 Å². The number of aromatic amines is 1. The predicted molar refractivity (Wildman–Crippen MR) is 219 cm³/mol. The van der Waals surface area contributed by atoms with Crippen molar-refractivity contribution in [2.75, 3.05) is 32.7 Å². The number of halogens is 3. The third-order valence-corrected chi connectivity index (χ3v) is 11.7. The van der Waals surface area contributed by atoms with E-state index in [0.717, 1.165) is 83.7 Å². The van der Waals surface area contributed by atoms with Crippen LogP contribution in [-0.2, 0) is 29.0 Å². The summed E-state index contributed by atoms with van der Waals surface area (Å²) < 4.78 is 42.5. The van der Waals surface area contributed by atoms with Crippen molar-refractivity contribution in [2.24, 2.45) is 11.8 Å². The topological polar surface area (TPSA) is 94.7 Å². The van der Waals surface area contributed by atoms with E-state index in [-0.39, 0.29) is 24.0 Å². The van der Waals surface area contributed by atoms with Gasteiger partial charge in [0.1, 0.15) is 5.75 Å². The van der Waals surface area contributed by atoms with Gasteiger partial charge in [0.15, 0.2) is 0 Å². The van der Waals surface area contributed by atoms with Crippen LogP contribution in [0.25, 0.3) is 22.0 Å². The molecule has 2 aliphatic heterocycles. The van der Waals surface area contributed by atoms with Crippen LogP contribution in [0.5, 0.6) is 5.75 Å². The summed E-state index contributed by atoms with van der Waals surface area (Å²) in [5.74, 6) is -0.957. The van der Waals surface area contributed by atoms with Crippen molar-refractivity contribution in [1.82, 2.24) is 20.1 Å². The zero-order chi connectivity index (χ0) is 40.5. The van der Waals surface area contributed by atoms with Gasteiger partial charge in [-0.3, -0.25) is 9.59 Å². The van der Waals surface area contributed by atoms with Crippen molar-refractivity contribution < 1.29 is 32.3 Å². The molecule has 0 unspecified atom stereocenters. The Kier molecular flexibility index (Phi) is 13.3. The Morgan fingerprint density at radius 3 is 2.21 bits per heavy atom. The van der Waals surface area contributed by atoms with E-state index in [9.17, 15) is 27.6 Å². The molecule has 304 valence electrons. The standard InChI is InChI=1S/C47H51F3N4O4/c48-47(49,50)46(57)58-41-16-14-35(15-17-41)22-27-54(44(55)30-40-31-52-43-13-2-1-12-42(40)43)32-36-8-4-9-37(28-36)38-10-5-11-39(29-38)45(56)53-25-20-34(21-26-53)7-3-6-33-18-23-51-24-19-33/h1-2,4-5,8-17,28-29,31,33-34,51-52H,3,6-7,18-27,30,32H2. The molecule has 2 aliphatic rings. The molecule has 1 aromatic heterocycles. The van der Waals surface area contributed by atoms with Gasteiger partial charge < -0.3 is 24.8 Å². The maximum absolute atomic E-state index is 14.0. The number of para-hydroxylation sites is 1. The summed E-state index contributed by atoms with van der Waals surface area (Å²) in [6, 6.07) is 29.4. The van der Waals surface area contributed by atoms with Crippen LogP contribution in [0, 0.1) is 11.8 Å². The highest BCUT2D eigenvalue weighted by Crippen LogP contribution is 2.29. The summed E-state index contributed by atoms with van der Waals surface area (Å²) in [6.07, 6.45) is 5.92. The Bertz CT molecular complexity index is 2170. The van der Waals surface area contributed by atoms with Crippen molar-refractivity contribution >= 4 is 28.7 Å². The number of carbonyl (C=O) groups excluding carboxylic acids is 3. The maximum atomic E-state index is 14.0. The molecule has 0 atom stereocenters. The van der Waals surface area contributed by atoms with Crippen LogP contribution in [-0.4, -0.2) is 71.5 Å². The molecule has 7 rings (SSSR count). The second-order valence-corrected chi connectivity index (χ2v) is 15.8. The lowest BCUT2D eigenvalue weighted by atomic mass is 9.87. The van der Waals surface area contributed by atoms with Gasteiger partial charge in [0, 0.05) is 48.8 Å². The van der Waals surface area contributed by atoms with E-state index in [0.29, 0.717) is 31.0 Å². The van der Waals surface area contributed by atoms with Gasteiger partial charge in [0.05, 0.1) is 6.42 Å². The van der Waals surface area contributed by atoms with Gasteiger partial charge >= 0.3 is 12.1 Å². The molecule has 0 spiro atoms. The van der Waals surface area contributed by atoms with Gasteiger partial charge in [0.2, 0.25) is 5.91 Å². The molecule has 58 heavy (non-hydrogen) atoms. The Balaban J connectivity index is 1.00. The normalized spacial score (nSPS) is 15.4. The van der Waals surface area contributed by atoms with Crippen LogP contribution < -0.4 is 10.1 Å². The quantitative estimate of drug-likeness (QED) is 0.0865. The minimum Gasteiger partial charge on any atom is -0.420 e. The molecule has 4 aromatic carbocycles. The van der Waals surface area contributed by atoms with Gasteiger partial charge in [-0.15, -0.1) is 0 Å². The van der Waals surface area contributed by atoms with E-state index < -0.39 is 12.1 Å². The summed E-state index contributed by atoms with van der Waals surface area (Å²) >= 11 is 0. The molecule has 0 radical (unpaired) electrons. The molecular formula is C47H51F3N4O4. The summed E-state index contributed by atoms with van der Waals surface area (Å²) in [4.78, 5) is 46.0. The van der Waals surface area contributed by atoms with E-state index in [1.54, 1.807) is 17.0 Å². The number of esters is 1. The second kappa shape index (κ2) is 18.9. The number of rotatable bonds is 14. The first-order valence-corrected chi connectivity index (χ1v) is 20.5. The molecule has 2 amide bonds. The lowest BCUT2D eigenvalue weighted by Crippen LogP contribution is -2.38. The summed E-state index contributed by atoms with van der Waals surface area (Å²) in [5.41, 5.74) is 6.04. The predicted octanol–water partition coefficient (Wildman–Crippen LogP) is 9.14. The van der Waals surface area contributed by atoms with Gasteiger partial charge in [-0.05, 0) is 121 Å². The third-order valence-electron chi connectivity index (χ3n) is 11.7. The summed E-state index contributed by atoms with van der Waals surface area (Å²) in [6.45, 7) is 4.53. The molecular weight excluding hydrogens is 742 g/mol. The van der Waals surface area contributed by atoms with Crippen molar-refractivity contribution in [3.8, 4) is 16.9 Å². The zero-order valence-corrected chi connectivity index (χ0v) is 32.7. The van der Waals surface area contributed by atoms with Crippen molar-refractivity contribution in [1.29, 1.82) is 0 Å². The molecule has 2 fully saturated rings. The van der Waals surface area contributed by atoms with Crippen LogP contribution >= 0.6 is 0 Å². The Morgan fingerprint density at radius 2 is 1.47 bits per heavy atom. The van der Waals surface area contributed by atoms with E-state index in [2.05, 4.69) is 21.1 Å². The fraction of sp³-hybridized carbons (Fsp3) is 0.383. The number of ether oxygens (including phenoxy) is 1. The Morgan fingerprint density at radius 1 is 0.776 bits per heavy atom. The number of hydrogen-bond donors (Lipinski definition) is 2. The lowest BCUT2D eigenvalue weighted by molar-refractivity contribution is -0.189. The smallest absolute Gasteiger partial charge is 0.420 e. The number of carbonyl (C=O) groups is 3. The molecule has 2 saturated heterocycles. The molecule has 0 aliphatic carbocycles. The second-order valence-electron chi connectivity index (χ2n) is 15.8. The van der Waals surface area contributed by atoms with Crippen LogP contribution in [0.3, 0.4) is 0 Å². The van der Waals surface area contributed by atoms with E-state index in [1.165, 1.54) is 44.2 Å². The van der Waals surface area contributed by atoms with Gasteiger partial charge in [-0.1, -0.05) is 79.9 Å². The number of benzene rings is 4. The zero-order valence-electron chi connectivity index (χ0n) is 32.7. The molecule has 3 heterocycles. The van der Waals surface area contributed by atoms with E-state index in [4.69, 9.17) is 0 Å².